The maximum atomic E-state index is 12.7. The van der Waals surface area contributed by atoms with Gasteiger partial charge in [-0.25, -0.2) is 0 Å². The van der Waals surface area contributed by atoms with Gasteiger partial charge in [0.1, 0.15) is 5.75 Å². The predicted octanol–water partition coefficient (Wildman–Crippen LogP) is 2.70. The second-order valence-electron chi connectivity index (χ2n) is 3.65. The van der Waals surface area contributed by atoms with Gasteiger partial charge in [0.25, 0.3) is 0 Å². The van der Waals surface area contributed by atoms with E-state index >= 15 is 0 Å². The number of hydrogen-bond donors (Lipinski definition) is 0. The van der Waals surface area contributed by atoms with Gasteiger partial charge < -0.3 is 4.74 Å². The van der Waals surface area contributed by atoms with E-state index in [1.165, 1.54) is 0 Å². The highest BCUT2D eigenvalue weighted by atomic mass is 19.1. The molecular weight excluding hydrogens is 167 g/mol. The third-order valence-corrected chi connectivity index (χ3v) is 2.79. The van der Waals surface area contributed by atoms with Crippen LogP contribution in [0, 0.1) is 0 Å². The molecule has 1 fully saturated rings. The molecule has 0 aliphatic heterocycles. The fourth-order valence-electron chi connectivity index (χ4n) is 1.60. The van der Waals surface area contributed by atoms with Crippen molar-refractivity contribution in [3.63, 3.8) is 0 Å². The molecule has 1 aromatic rings. The molecule has 0 unspecified atom stereocenters. The van der Waals surface area contributed by atoms with E-state index in [-0.39, 0.29) is 12.1 Å². The topological polar surface area (TPSA) is 9.23 Å². The molecule has 0 spiro atoms. The van der Waals surface area contributed by atoms with E-state index in [1.807, 2.05) is 24.3 Å². The molecular formula is C11H13FO. The first-order valence-corrected chi connectivity index (χ1v) is 4.51. The molecule has 1 saturated carbocycles. The minimum Gasteiger partial charge on any atom is -0.497 e. The zero-order chi connectivity index (χ0) is 9.31. The predicted molar refractivity (Wildman–Crippen MR) is 49.9 cm³/mol. The van der Waals surface area contributed by atoms with Crippen molar-refractivity contribution < 1.29 is 9.13 Å². The van der Waals surface area contributed by atoms with E-state index < -0.39 is 0 Å². The van der Waals surface area contributed by atoms with E-state index in [2.05, 4.69) is 0 Å². The van der Waals surface area contributed by atoms with Crippen molar-refractivity contribution in [1.29, 1.82) is 0 Å². The molecule has 2 rings (SSSR count). The van der Waals surface area contributed by atoms with E-state index in [9.17, 15) is 4.39 Å². The van der Waals surface area contributed by atoms with Crippen LogP contribution < -0.4 is 4.74 Å². The average molecular weight is 180 g/mol. The Bertz CT molecular complexity index is 305. The van der Waals surface area contributed by atoms with Crippen LogP contribution in [0.1, 0.15) is 18.4 Å². The standard InChI is InChI=1S/C11H13FO/c1-13-10-4-2-3-9(7-10)11(8-12)5-6-11/h2-4,7H,5-6,8H2,1H3. The fourth-order valence-corrected chi connectivity index (χ4v) is 1.60. The lowest BCUT2D eigenvalue weighted by atomic mass is 9.97. The van der Waals surface area contributed by atoms with Gasteiger partial charge in [-0.1, -0.05) is 12.1 Å². The van der Waals surface area contributed by atoms with Crippen LogP contribution >= 0.6 is 0 Å². The summed E-state index contributed by atoms with van der Waals surface area (Å²) in [6.45, 7) is -0.250. The van der Waals surface area contributed by atoms with Crippen LogP contribution in [0.25, 0.3) is 0 Å². The Labute approximate surface area is 77.5 Å². The van der Waals surface area contributed by atoms with Crippen LogP contribution in [0.2, 0.25) is 0 Å². The van der Waals surface area contributed by atoms with Crippen molar-refractivity contribution in [3.8, 4) is 5.75 Å². The summed E-state index contributed by atoms with van der Waals surface area (Å²) in [6, 6.07) is 7.73. The summed E-state index contributed by atoms with van der Waals surface area (Å²) in [7, 11) is 1.63. The summed E-state index contributed by atoms with van der Waals surface area (Å²) in [5, 5.41) is 0. The number of ether oxygens (including phenoxy) is 1. The zero-order valence-electron chi connectivity index (χ0n) is 7.72. The van der Waals surface area contributed by atoms with Crippen molar-refractivity contribution in [2.45, 2.75) is 18.3 Å². The van der Waals surface area contributed by atoms with E-state index in [4.69, 9.17) is 4.74 Å². The number of hydrogen-bond acceptors (Lipinski definition) is 1. The number of methoxy groups -OCH3 is 1. The van der Waals surface area contributed by atoms with Gasteiger partial charge in [-0.05, 0) is 30.5 Å². The van der Waals surface area contributed by atoms with Gasteiger partial charge in [0.15, 0.2) is 0 Å². The second-order valence-corrected chi connectivity index (χ2v) is 3.65. The molecule has 1 aromatic carbocycles. The van der Waals surface area contributed by atoms with Gasteiger partial charge >= 0.3 is 0 Å². The summed E-state index contributed by atoms with van der Waals surface area (Å²) in [5.74, 6) is 0.817. The van der Waals surface area contributed by atoms with Crippen molar-refractivity contribution in [2.24, 2.45) is 0 Å². The molecule has 0 N–H and O–H groups in total. The first kappa shape index (κ1) is 8.54. The lowest BCUT2D eigenvalue weighted by Gasteiger charge is -2.11. The first-order valence-electron chi connectivity index (χ1n) is 4.51. The van der Waals surface area contributed by atoms with Crippen molar-refractivity contribution in [3.05, 3.63) is 29.8 Å². The summed E-state index contributed by atoms with van der Waals surface area (Å²) in [4.78, 5) is 0. The highest BCUT2D eigenvalue weighted by Crippen LogP contribution is 2.48. The number of benzene rings is 1. The number of rotatable bonds is 3. The normalized spacial score (nSPS) is 18.3. The molecule has 1 aliphatic carbocycles. The van der Waals surface area contributed by atoms with Gasteiger partial charge in [-0.2, -0.15) is 0 Å². The average Bonchev–Trinajstić information content (AvgIpc) is 2.99. The van der Waals surface area contributed by atoms with Crippen molar-refractivity contribution in [2.75, 3.05) is 13.8 Å². The molecule has 2 heteroatoms. The van der Waals surface area contributed by atoms with Crippen LogP contribution in [0.15, 0.2) is 24.3 Å². The van der Waals surface area contributed by atoms with E-state index in [0.717, 1.165) is 24.2 Å². The lowest BCUT2D eigenvalue weighted by molar-refractivity contribution is 0.404. The van der Waals surface area contributed by atoms with Gasteiger partial charge in [0, 0.05) is 5.41 Å². The summed E-state index contributed by atoms with van der Waals surface area (Å²) in [6.07, 6.45) is 1.94. The molecule has 1 nitrogen and oxygen atoms in total. The quantitative estimate of drug-likeness (QED) is 0.695. The third kappa shape index (κ3) is 1.41. The SMILES string of the molecule is COc1cccc(C2(CF)CC2)c1. The fraction of sp³-hybridized carbons (Fsp3) is 0.455. The molecule has 0 saturated heterocycles. The minimum atomic E-state index is -0.250. The molecule has 0 heterocycles. The largest absolute Gasteiger partial charge is 0.497 e. The highest BCUT2D eigenvalue weighted by molar-refractivity contribution is 5.37. The van der Waals surface area contributed by atoms with E-state index in [1.54, 1.807) is 7.11 Å². The van der Waals surface area contributed by atoms with Crippen molar-refractivity contribution in [1.82, 2.24) is 0 Å². The highest BCUT2D eigenvalue weighted by Gasteiger charge is 2.44. The minimum absolute atomic E-state index is 0.172. The van der Waals surface area contributed by atoms with Crippen molar-refractivity contribution >= 4 is 0 Å². The van der Waals surface area contributed by atoms with Crippen LogP contribution in [-0.2, 0) is 5.41 Å². The maximum Gasteiger partial charge on any atom is 0.119 e. The number of halogens is 1. The Morgan fingerprint density at radius 1 is 1.46 bits per heavy atom. The summed E-state index contributed by atoms with van der Waals surface area (Å²) >= 11 is 0. The summed E-state index contributed by atoms with van der Waals surface area (Å²) < 4.78 is 17.8. The molecule has 1 aliphatic rings. The molecule has 70 valence electrons. The Morgan fingerprint density at radius 3 is 2.77 bits per heavy atom. The molecule has 0 radical (unpaired) electrons. The Hall–Kier alpha value is -1.05. The van der Waals surface area contributed by atoms with Gasteiger partial charge in [0.2, 0.25) is 0 Å². The van der Waals surface area contributed by atoms with Crippen LogP contribution in [0.5, 0.6) is 5.75 Å². The van der Waals surface area contributed by atoms with Gasteiger partial charge in [-0.15, -0.1) is 0 Å². The molecule has 0 atom stereocenters. The second kappa shape index (κ2) is 3.02. The van der Waals surface area contributed by atoms with Gasteiger partial charge in [0.05, 0.1) is 13.8 Å². The maximum absolute atomic E-state index is 12.7. The Balaban J connectivity index is 2.30. The smallest absolute Gasteiger partial charge is 0.119 e. The third-order valence-electron chi connectivity index (χ3n) is 2.79. The molecule has 0 bridgehead atoms. The summed E-state index contributed by atoms with van der Waals surface area (Å²) in [5.41, 5.74) is 0.906. The van der Waals surface area contributed by atoms with Crippen LogP contribution in [0.4, 0.5) is 4.39 Å². The molecule has 0 amide bonds. The first-order chi connectivity index (χ1) is 6.30. The molecule has 13 heavy (non-hydrogen) atoms. The zero-order valence-corrected chi connectivity index (χ0v) is 7.72. The van der Waals surface area contributed by atoms with E-state index in [0.29, 0.717) is 0 Å². The lowest BCUT2D eigenvalue weighted by Crippen LogP contribution is -2.08. The Kier molecular flexibility index (Phi) is 1.98. The van der Waals surface area contributed by atoms with Crippen LogP contribution in [-0.4, -0.2) is 13.8 Å². The number of alkyl halides is 1. The molecule has 0 aromatic heterocycles. The van der Waals surface area contributed by atoms with Gasteiger partial charge in [-0.3, -0.25) is 4.39 Å². The van der Waals surface area contributed by atoms with Crippen LogP contribution in [0.3, 0.4) is 0 Å². The Morgan fingerprint density at radius 2 is 2.23 bits per heavy atom. The monoisotopic (exact) mass is 180 g/mol.